The maximum atomic E-state index is 12.7. The van der Waals surface area contributed by atoms with E-state index in [4.69, 9.17) is 11.5 Å². The Labute approximate surface area is 231 Å². The van der Waals surface area contributed by atoms with Crippen molar-refractivity contribution < 1.29 is 25.9 Å². The van der Waals surface area contributed by atoms with E-state index in [2.05, 4.69) is 20.5 Å². The maximum absolute atomic E-state index is 12.7. The summed E-state index contributed by atoms with van der Waals surface area (Å²) in [6, 6.07) is 11.5. The van der Waals surface area contributed by atoms with Crippen molar-refractivity contribution in [1.29, 1.82) is 0 Å². The molecule has 0 fully saturated rings. The van der Waals surface area contributed by atoms with E-state index in [1.807, 2.05) is 0 Å². The summed E-state index contributed by atoms with van der Waals surface area (Å²) >= 11 is 0. The molecule has 0 bridgehead atoms. The van der Waals surface area contributed by atoms with E-state index in [0.717, 1.165) is 11.6 Å². The lowest BCUT2D eigenvalue weighted by atomic mass is 10.1. The number of nitrogens with two attached hydrogens (primary N) is 2. The van der Waals surface area contributed by atoms with Crippen LogP contribution in [-0.4, -0.2) is 25.9 Å². The van der Waals surface area contributed by atoms with E-state index in [1.54, 1.807) is 52.0 Å². The van der Waals surface area contributed by atoms with Gasteiger partial charge in [0.1, 0.15) is 21.2 Å². The van der Waals surface area contributed by atoms with Crippen LogP contribution in [0.4, 0.5) is 34.1 Å². The molecule has 0 saturated heterocycles. The Balaban J connectivity index is 2.10. The summed E-state index contributed by atoms with van der Waals surface area (Å²) < 4.78 is 69.8. The summed E-state index contributed by atoms with van der Waals surface area (Å²) in [4.78, 5) is -1.36. The van der Waals surface area contributed by atoms with Crippen molar-refractivity contribution in [2.45, 2.75) is 37.5 Å². The average molecular weight is 583 g/mol. The molecule has 0 unspecified atom stereocenters. The first-order valence-corrected chi connectivity index (χ1v) is 14.6. The molecule has 4 aromatic rings. The molecule has 4 rings (SSSR count). The number of nitrogen functional groups attached to an aromatic ring is 2. The summed E-state index contributed by atoms with van der Waals surface area (Å²) in [6.45, 7) is 7.02. The Morgan fingerprint density at radius 1 is 0.600 bits per heavy atom. The Morgan fingerprint density at radius 2 is 1.10 bits per heavy atom. The molecule has 0 aliphatic heterocycles. The van der Waals surface area contributed by atoms with Crippen LogP contribution in [0.3, 0.4) is 0 Å². The Morgan fingerprint density at radius 3 is 1.60 bits per heavy atom. The second kappa shape index (κ2) is 10.4. The molecule has 0 atom stereocenters. The number of benzene rings is 4. The van der Waals surface area contributed by atoms with E-state index in [1.165, 1.54) is 18.2 Å². The lowest BCUT2D eigenvalue weighted by Crippen LogP contribution is -2.03. The van der Waals surface area contributed by atoms with Gasteiger partial charge in [-0.15, -0.1) is 10.2 Å². The van der Waals surface area contributed by atoms with Gasteiger partial charge in [0.2, 0.25) is 0 Å². The molecule has 0 saturated carbocycles. The van der Waals surface area contributed by atoms with Gasteiger partial charge in [-0.25, -0.2) is 0 Å². The third-order valence-electron chi connectivity index (χ3n) is 6.28. The molecule has 40 heavy (non-hydrogen) atoms. The monoisotopic (exact) mass is 582 g/mol. The van der Waals surface area contributed by atoms with Gasteiger partial charge in [-0.3, -0.25) is 9.11 Å². The molecule has 0 aliphatic carbocycles. The predicted molar refractivity (Wildman–Crippen MR) is 153 cm³/mol. The van der Waals surface area contributed by atoms with Crippen LogP contribution in [0.15, 0.2) is 78.8 Å². The van der Waals surface area contributed by atoms with Gasteiger partial charge in [-0.05, 0) is 86.3 Å². The van der Waals surface area contributed by atoms with E-state index < -0.39 is 35.7 Å². The van der Waals surface area contributed by atoms with Crippen LogP contribution in [0, 0.1) is 27.7 Å². The highest BCUT2D eigenvalue weighted by molar-refractivity contribution is 7.86. The van der Waals surface area contributed by atoms with Gasteiger partial charge in [-0.2, -0.15) is 27.1 Å². The van der Waals surface area contributed by atoms with Crippen molar-refractivity contribution >= 4 is 65.1 Å². The second-order valence-corrected chi connectivity index (χ2v) is 12.0. The standard InChI is InChI=1S/C26H26N6O6S2/c1-13-10-21(15(3)8-19(13)27)29-31-23-12-18-17(6-5-7-24(18)39(33,34)35)26(40(36,37)38)25(23)32-30-22-11-14(2)20(28)9-16(22)4/h5-12H,27-28H2,1-4H3,(H,33,34,35)(H,36,37,38). The Bertz CT molecular complexity index is 1970. The van der Waals surface area contributed by atoms with Crippen molar-refractivity contribution in [3.8, 4) is 0 Å². The molecule has 4 aromatic carbocycles. The lowest BCUT2D eigenvalue weighted by molar-refractivity contribution is 0.481. The van der Waals surface area contributed by atoms with Crippen molar-refractivity contribution in [2.75, 3.05) is 11.5 Å². The third-order valence-corrected chi connectivity index (χ3v) is 8.12. The molecule has 0 spiro atoms. The molecule has 12 nitrogen and oxygen atoms in total. The van der Waals surface area contributed by atoms with Crippen LogP contribution < -0.4 is 11.5 Å². The minimum atomic E-state index is -5.05. The summed E-state index contributed by atoms with van der Waals surface area (Å²) in [5.41, 5.74) is 15.8. The first-order valence-electron chi connectivity index (χ1n) is 11.7. The molecule has 0 radical (unpaired) electrons. The second-order valence-electron chi connectivity index (χ2n) is 9.27. The SMILES string of the molecule is Cc1cc(N=Nc2cc3c(S(=O)(=O)O)cccc3c(S(=O)(=O)O)c2N=Nc2cc(C)c(N)cc2C)c(C)cc1N. The summed E-state index contributed by atoms with van der Waals surface area (Å²) in [6.07, 6.45) is 0. The van der Waals surface area contributed by atoms with Gasteiger partial charge in [0.05, 0.1) is 11.4 Å². The highest BCUT2D eigenvalue weighted by Gasteiger charge is 2.27. The van der Waals surface area contributed by atoms with Crippen LogP contribution >= 0.6 is 0 Å². The summed E-state index contributed by atoms with van der Waals surface area (Å²) in [5.74, 6) is 0. The number of aryl methyl sites for hydroxylation is 4. The van der Waals surface area contributed by atoms with E-state index in [0.29, 0.717) is 39.4 Å². The predicted octanol–water partition coefficient (Wildman–Crippen LogP) is 6.56. The van der Waals surface area contributed by atoms with Gasteiger partial charge in [0, 0.05) is 22.1 Å². The van der Waals surface area contributed by atoms with Crippen LogP contribution in [0.5, 0.6) is 0 Å². The number of azo groups is 2. The normalized spacial score (nSPS) is 12.7. The average Bonchev–Trinajstić information content (AvgIpc) is 2.84. The fourth-order valence-corrected chi connectivity index (χ4v) is 5.62. The molecule has 6 N–H and O–H groups in total. The van der Waals surface area contributed by atoms with Crippen LogP contribution in [-0.2, 0) is 20.2 Å². The zero-order chi connectivity index (χ0) is 29.6. The lowest BCUT2D eigenvalue weighted by Gasteiger charge is -2.12. The van der Waals surface area contributed by atoms with Gasteiger partial charge in [-0.1, -0.05) is 12.1 Å². The number of anilines is 2. The fourth-order valence-electron chi connectivity index (χ4n) is 4.07. The summed E-state index contributed by atoms with van der Waals surface area (Å²) in [7, 11) is -9.85. The number of hydrogen-bond acceptors (Lipinski definition) is 10. The Hall–Kier alpha value is -4.24. The third kappa shape index (κ3) is 5.70. The molecule has 0 aromatic heterocycles. The highest BCUT2D eigenvalue weighted by atomic mass is 32.2. The first-order chi connectivity index (χ1) is 18.6. The quantitative estimate of drug-likeness (QED) is 0.111. The van der Waals surface area contributed by atoms with Gasteiger partial charge in [0.25, 0.3) is 20.2 Å². The highest BCUT2D eigenvalue weighted by Crippen LogP contribution is 2.44. The van der Waals surface area contributed by atoms with Gasteiger partial charge < -0.3 is 11.5 Å². The van der Waals surface area contributed by atoms with Crippen molar-refractivity contribution in [2.24, 2.45) is 20.5 Å². The zero-order valence-electron chi connectivity index (χ0n) is 21.9. The van der Waals surface area contributed by atoms with Gasteiger partial charge >= 0.3 is 0 Å². The smallest absolute Gasteiger partial charge is 0.297 e. The van der Waals surface area contributed by atoms with E-state index in [-0.39, 0.29) is 16.5 Å². The molecule has 208 valence electrons. The topological polar surface area (TPSA) is 210 Å². The molecular formula is C26H26N6O6S2. The molecule has 14 heteroatoms. The minimum absolute atomic E-state index is 0.227. The molecule has 0 amide bonds. The van der Waals surface area contributed by atoms with E-state index >= 15 is 0 Å². The van der Waals surface area contributed by atoms with Crippen molar-refractivity contribution in [1.82, 2.24) is 0 Å². The van der Waals surface area contributed by atoms with E-state index in [9.17, 15) is 25.9 Å². The fraction of sp³-hybridized carbons (Fsp3) is 0.154. The zero-order valence-corrected chi connectivity index (χ0v) is 23.5. The van der Waals surface area contributed by atoms with Crippen LogP contribution in [0.2, 0.25) is 0 Å². The van der Waals surface area contributed by atoms with Crippen LogP contribution in [0.25, 0.3) is 10.8 Å². The maximum Gasteiger partial charge on any atom is 0.297 e. The number of hydrogen-bond donors (Lipinski definition) is 4. The van der Waals surface area contributed by atoms with Crippen molar-refractivity contribution in [3.63, 3.8) is 0 Å². The molecular weight excluding hydrogens is 556 g/mol. The van der Waals surface area contributed by atoms with Crippen molar-refractivity contribution in [3.05, 3.63) is 70.8 Å². The molecule has 0 heterocycles. The number of nitrogens with zero attached hydrogens (tertiary/aromatic N) is 4. The van der Waals surface area contributed by atoms with Gasteiger partial charge in [0.15, 0.2) is 0 Å². The largest absolute Gasteiger partial charge is 0.399 e. The summed E-state index contributed by atoms with van der Waals surface area (Å²) in [5, 5.41) is 16.3. The number of fused-ring (bicyclic) bond motifs is 1. The number of rotatable bonds is 6. The molecule has 0 aliphatic rings. The minimum Gasteiger partial charge on any atom is -0.399 e. The Kier molecular flexibility index (Phi) is 7.47. The first kappa shape index (κ1) is 28.8. The van der Waals surface area contributed by atoms with Crippen LogP contribution in [0.1, 0.15) is 22.3 Å².